The first kappa shape index (κ1) is 10.8. The van der Waals surface area contributed by atoms with Gasteiger partial charge in [-0.25, -0.2) is 0 Å². The molecule has 2 rings (SSSR count). The topological polar surface area (TPSA) is 3.24 Å². The average molecular weight is 205 g/mol. The van der Waals surface area contributed by atoms with E-state index in [2.05, 4.69) is 31.7 Å². The second-order valence-corrected chi connectivity index (χ2v) is 4.96. The molecule has 0 unspecified atom stereocenters. The Bertz CT molecular complexity index is 296. The minimum Gasteiger partial charge on any atom is -0.369 e. The summed E-state index contributed by atoms with van der Waals surface area (Å²) >= 11 is 0. The minimum atomic E-state index is 0.656. The quantitative estimate of drug-likeness (QED) is 0.661. The van der Waals surface area contributed by atoms with Crippen LogP contribution in [-0.2, 0) is 0 Å². The van der Waals surface area contributed by atoms with E-state index in [1.165, 1.54) is 38.6 Å². The number of likely N-dealkylation sites (tertiary alicyclic amines) is 1. The van der Waals surface area contributed by atoms with Crippen molar-refractivity contribution in [3.8, 4) is 0 Å². The van der Waals surface area contributed by atoms with Crippen molar-refractivity contribution in [1.82, 2.24) is 4.90 Å². The highest BCUT2D eigenvalue weighted by Crippen LogP contribution is 2.36. The van der Waals surface area contributed by atoms with E-state index in [9.17, 15) is 0 Å². The van der Waals surface area contributed by atoms with Crippen molar-refractivity contribution in [3.05, 3.63) is 22.9 Å². The van der Waals surface area contributed by atoms with Gasteiger partial charge in [-0.1, -0.05) is 13.0 Å². The normalized spacial score (nSPS) is 21.9. The molecule has 0 radical (unpaired) electrons. The van der Waals surface area contributed by atoms with E-state index in [0.29, 0.717) is 6.04 Å². The Morgan fingerprint density at radius 2 is 2.13 bits per heavy atom. The molecule has 2 aliphatic rings. The van der Waals surface area contributed by atoms with Crippen molar-refractivity contribution in [2.75, 3.05) is 6.54 Å². The summed E-state index contributed by atoms with van der Waals surface area (Å²) in [6.07, 6.45) is 8.91. The molecule has 0 amide bonds. The summed E-state index contributed by atoms with van der Waals surface area (Å²) in [6.45, 7) is 8.20. The van der Waals surface area contributed by atoms with Gasteiger partial charge in [0.25, 0.3) is 0 Å². The first-order chi connectivity index (χ1) is 7.24. The van der Waals surface area contributed by atoms with Crippen molar-refractivity contribution in [2.24, 2.45) is 0 Å². The predicted molar refractivity (Wildman–Crippen MR) is 65.7 cm³/mol. The molecule has 1 fully saturated rings. The van der Waals surface area contributed by atoms with Crippen molar-refractivity contribution >= 4 is 0 Å². The monoisotopic (exact) mass is 205 g/mol. The van der Waals surface area contributed by atoms with Crippen LogP contribution in [0.1, 0.15) is 52.9 Å². The first-order valence-corrected chi connectivity index (χ1v) is 6.42. The lowest BCUT2D eigenvalue weighted by Crippen LogP contribution is -2.36. The fraction of sp³-hybridized carbons (Fsp3) is 0.714. The van der Waals surface area contributed by atoms with E-state index in [-0.39, 0.29) is 0 Å². The maximum atomic E-state index is 2.62. The van der Waals surface area contributed by atoms with Crippen molar-refractivity contribution in [2.45, 2.75) is 58.9 Å². The molecule has 0 spiro atoms. The predicted octanol–water partition coefficient (Wildman–Crippen LogP) is 3.87. The third-order valence-electron chi connectivity index (χ3n) is 3.66. The van der Waals surface area contributed by atoms with Gasteiger partial charge in [0.2, 0.25) is 0 Å². The molecule has 1 aliphatic carbocycles. The molecule has 0 N–H and O–H groups in total. The summed E-state index contributed by atoms with van der Waals surface area (Å²) < 4.78 is 0. The third kappa shape index (κ3) is 1.97. The Labute approximate surface area is 93.9 Å². The van der Waals surface area contributed by atoms with Gasteiger partial charge >= 0.3 is 0 Å². The number of hydrogen-bond donors (Lipinski definition) is 0. The van der Waals surface area contributed by atoms with Gasteiger partial charge in [0.15, 0.2) is 0 Å². The molecule has 0 saturated carbocycles. The summed E-state index contributed by atoms with van der Waals surface area (Å²) in [4.78, 5) is 2.62. The zero-order valence-corrected chi connectivity index (χ0v) is 10.3. The van der Waals surface area contributed by atoms with E-state index in [1.54, 1.807) is 16.8 Å². The van der Waals surface area contributed by atoms with Gasteiger partial charge in [0, 0.05) is 18.3 Å². The van der Waals surface area contributed by atoms with Crippen molar-refractivity contribution < 1.29 is 0 Å². The minimum absolute atomic E-state index is 0.656. The van der Waals surface area contributed by atoms with Crippen LogP contribution in [0.25, 0.3) is 0 Å². The highest BCUT2D eigenvalue weighted by atomic mass is 15.2. The molecule has 15 heavy (non-hydrogen) atoms. The smallest absolute Gasteiger partial charge is 0.0389 e. The number of nitrogens with zero attached hydrogens (tertiary/aromatic N) is 1. The molecular formula is C14H23N. The van der Waals surface area contributed by atoms with Crippen LogP contribution in [0.4, 0.5) is 0 Å². The van der Waals surface area contributed by atoms with Crippen molar-refractivity contribution in [3.63, 3.8) is 0 Å². The van der Waals surface area contributed by atoms with Crippen LogP contribution in [0.15, 0.2) is 22.9 Å². The van der Waals surface area contributed by atoms with Crippen molar-refractivity contribution in [1.29, 1.82) is 0 Å². The van der Waals surface area contributed by atoms with E-state index >= 15 is 0 Å². The lowest BCUT2D eigenvalue weighted by atomic mass is 9.87. The molecule has 1 nitrogen and oxygen atoms in total. The molecule has 0 bridgehead atoms. The van der Waals surface area contributed by atoms with Gasteiger partial charge in [-0.2, -0.15) is 0 Å². The van der Waals surface area contributed by atoms with Gasteiger partial charge in [0.1, 0.15) is 0 Å². The molecule has 0 atom stereocenters. The summed E-state index contributed by atoms with van der Waals surface area (Å²) in [5, 5.41) is 0. The lowest BCUT2D eigenvalue weighted by Gasteiger charge is -2.40. The van der Waals surface area contributed by atoms with Crippen LogP contribution in [0.5, 0.6) is 0 Å². The molecule has 0 aromatic heterocycles. The summed E-state index contributed by atoms with van der Waals surface area (Å²) in [5.41, 5.74) is 4.95. The zero-order chi connectivity index (χ0) is 10.8. The maximum absolute atomic E-state index is 2.62. The van der Waals surface area contributed by atoms with Gasteiger partial charge in [-0.15, -0.1) is 0 Å². The second kappa shape index (κ2) is 4.42. The third-order valence-corrected chi connectivity index (χ3v) is 3.66. The van der Waals surface area contributed by atoms with E-state index in [1.807, 2.05) is 0 Å². The summed E-state index contributed by atoms with van der Waals surface area (Å²) in [5.74, 6) is 0. The zero-order valence-electron chi connectivity index (χ0n) is 10.3. The first-order valence-electron chi connectivity index (χ1n) is 6.42. The number of piperidine rings is 1. The molecule has 1 heteroatoms. The van der Waals surface area contributed by atoms with E-state index in [4.69, 9.17) is 0 Å². The molecule has 84 valence electrons. The highest BCUT2D eigenvalue weighted by Gasteiger charge is 2.25. The SMILES string of the molecule is CCC1=C2C(=CCC1)CCCN2C(C)C. The second-order valence-electron chi connectivity index (χ2n) is 4.96. The Balaban J connectivity index is 2.35. The van der Waals surface area contributed by atoms with Crippen LogP contribution in [0.2, 0.25) is 0 Å². The largest absolute Gasteiger partial charge is 0.369 e. The Hall–Kier alpha value is -0.720. The fourth-order valence-electron chi connectivity index (χ4n) is 2.88. The Kier molecular flexibility index (Phi) is 3.18. The number of rotatable bonds is 2. The lowest BCUT2D eigenvalue weighted by molar-refractivity contribution is 0.259. The van der Waals surface area contributed by atoms with Crippen LogP contribution in [0, 0.1) is 0 Å². The van der Waals surface area contributed by atoms with E-state index in [0.717, 1.165) is 0 Å². The summed E-state index contributed by atoms with van der Waals surface area (Å²) in [7, 11) is 0. The fourth-order valence-corrected chi connectivity index (χ4v) is 2.88. The average Bonchev–Trinajstić information content (AvgIpc) is 2.27. The molecule has 1 heterocycles. The molecule has 0 aromatic carbocycles. The van der Waals surface area contributed by atoms with Gasteiger partial charge in [-0.05, 0) is 57.1 Å². The van der Waals surface area contributed by atoms with Crippen LogP contribution < -0.4 is 0 Å². The molecular weight excluding hydrogens is 182 g/mol. The van der Waals surface area contributed by atoms with Crippen LogP contribution >= 0.6 is 0 Å². The van der Waals surface area contributed by atoms with Crippen LogP contribution in [0.3, 0.4) is 0 Å². The summed E-state index contributed by atoms with van der Waals surface area (Å²) in [6, 6.07) is 0.656. The molecule has 0 aromatic rings. The van der Waals surface area contributed by atoms with E-state index < -0.39 is 0 Å². The molecule has 1 aliphatic heterocycles. The number of hydrogen-bond acceptors (Lipinski definition) is 1. The number of allylic oxidation sites excluding steroid dienone is 3. The Morgan fingerprint density at radius 1 is 1.33 bits per heavy atom. The Morgan fingerprint density at radius 3 is 2.80 bits per heavy atom. The van der Waals surface area contributed by atoms with Crippen LogP contribution in [-0.4, -0.2) is 17.5 Å². The number of fused-ring (bicyclic) bond motifs is 1. The standard InChI is InChI=1S/C14H23N/c1-4-12-7-5-8-13-9-6-10-15(11(2)3)14(12)13/h8,11H,4-7,9-10H2,1-3H3. The van der Waals surface area contributed by atoms with Gasteiger partial charge < -0.3 is 4.90 Å². The molecule has 1 saturated heterocycles. The van der Waals surface area contributed by atoms with Gasteiger partial charge in [-0.3, -0.25) is 0 Å². The van der Waals surface area contributed by atoms with Gasteiger partial charge in [0.05, 0.1) is 0 Å². The highest BCUT2D eigenvalue weighted by molar-refractivity contribution is 5.39. The maximum Gasteiger partial charge on any atom is 0.0389 e.